The molecular weight excluding hydrogens is 417 g/mol. The molecule has 6 nitrogen and oxygen atoms in total. The van der Waals surface area contributed by atoms with Gasteiger partial charge in [-0.3, -0.25) is 14.4 Å². The van der Waals surface area contributed by atoms with Gasteiger partial charge in [0.15, 0.2) is 10.8 Å². The Morgan fingerprint density at radius 1 is 1.25 bits per heavy atom. The van der Waals surface area contributed by atoms with Crippen molar-refractivity contribution in [1.82, 2.24) is 19.7 Å². The maximum atomic E-state index is 13.3. The lowest BCUT2D eigenvalue weighted by atomic mass is 10.2. The van der Waals surface area contributed by atoms with Crippen LogP contribution in [0, 0.1) is 6.92 Å². The van der Waals surface area contributed by atoms with E-state index in [1.807, 2.05) is 38.4 Å². The number of carbonyl (C=O) groups excluding carboxylic acids is 1. The molecule has 0 aliphatic heterocycles. The smallest absolute Gasteiger partial charge is 0.280 e. The van der Waals surface area contributed by atoms with Crippen LogP contribution >= 0.6 is 35.3 Å². The number of benzene rings is 1. The molecule has 2 aromatic heterocycles. The molecule has 1 aromatic carbocycles. The van der Waals surface area contributed by atoms with Gasteiger partial charge in [0, 0.05) is 36.9 Å². The summed E-state index contributed by atoms with van der Waals surface area (Å²) in [5, 5.41) is 5.70. The van der Waals surface area contributed by atoms with Crippen LogP contribution in [-0.4, -0.2) is 51.8 Å². The molecule has 0 aliphatic rings. The number of likely N-dealkylation sites (N-methyl/N-ethyl adjacent to an activating group) is 1. The Hall–Kier alpha value is -1.67. The molecule has 9 heteroatoms. The van der Waals surface area contributed by atoms with Crippen LogP contribution in [0.2, 0.25) is 5.02 Å². The van der Waals surface area contributed by atoms with Crippen LogP contribution in [0.1, 0.15) is 29.9 Å². The second-order valence-corrected chi connectivity index (χ2v) is 7.87. The van der Waals surface area contributed by atoms with Gasteiger partial charge in [0.05, 0.1) is 10.2 Å². The van der Waals surface area contributed by atoms with Crippen molar-refractivity contribution in [3.63, 3.8) is 0 Å². The van der Waals surface area contributed by atoms with Gasteiger partial charge in [0.25, 0.3) is 5.91 Å². The Kier molecular flexibility index (Phi) is 7.83. The fraction of sp³-hybridized carbons (Fsp3) is 0.421. The number of fused-ring (bicyclic) bond motifs is 1. The van der Waals surface area contributed by atoms with Crippen LogP contribution < -0.4 is 4.90 Å². The number of halogens is 2. The zero-order valence-corrected chi connectivity index (χ0v) is 18.9. The van der Waals surface area contributed by atoms with E-state index in [9.17, 15) is 4.79 Å². The second kappa shape index (κ2) is 9.69. The SMILES string of the molecule is CCN(CC)CCN(C(=O)c1nn(C)cc1C)c1nc2ccc(Cl)cc2s1.Cl. The molecule has 0 saturated carbocycles. The van der Waals surface area contributed by atoms with Crippen molar-refractivity contribution in [3.05, 3.63) is 40.7 Å². The van der Waals surface area contributed by atoms with E-state index in [4.69, 9.17) is 11.6 Å². The van der Waals surface area contributed by atoms with Crippen LogP contribution in [0.15, 0.2) is 24.4 Å². The van der Waals surface area contributed by atoms with E-state index in [0.29, 0.717) is 22.4 Å². The molecule has 3 rings (SSSR count). The van der Waals surface area contributed by atoms with E-state index in [-0.39, 0.29) is 18.3 Å². The van der Waals surface area contributed by atoms with Crippen LogP contribution in [-0.2, 0) is 7.05 Å². The molecule has 2 heterocycles. The summed E-state index contributed by atoms with van der Waals surface area (Å²) in [6, 6.07) is 5.59. The highest BCUT2D eigenvalue weighted by atomic mass is 35.5. The Bertz CT molecular complexity index is 951. The van der Waals surface area contributed by atoms with Crippen molar-refractivity contribution in [2.75, 3.05) is 31.1 Å². The zero-order chi connectivity index (χ0) is 19.6. The molecule has 0 spiro atoms. The van der Waals surface area contributed by atoms with Gasteiger partial charge in [-0.2, -0.15) is 5.10 Å². The first-order valence-electron chi connectivity index (χ1n) is 9.03. The number of nitrogens with zero attached hydrogens (tertiary/aromatic N) is 5. The van der Waals surface area contributed by atoms with Gasteiger partial charge in [0.1, 0.15) is 0 Å². The van der Waals surface area contributed by atoms with Gasteiger partial charge in [-0.1, -0.05) is 36.8 Å². The highest BCUT2D eigenvalue weighted by Crippen LogP contribution is 2.31. The van der Waals surface area contributed by atoms with Gasteiger partial charge in [-0.15, -0.1) is 12.4 Å². The van der Waals surface area contributed by atoms with Crippen LogP contribution in [0.25, 0.3) is 10.2 Å². The summed E-state index contributed by atoms with van der Waals surface area (Å²) in [6.45, 7) is 9.37. The van der Waals surface area contributed by atoms with E-state index in [1.54, 1.807) is 9.58 Å². The molecule has 0 saturated heterocycles. The molecule has 1 amide bonds. The third-order valence-electron chi connectivity index (χ3n) is 4.56. The lowest BCUT2D eigenvalue weighted by molar-refractivity contribution is 0.0977. The fourth-order valence-electron chi connectivity index (χ4n) is 3.01. The van der Waals surface area contributed by atoms with E-state index in [1.165, 1.54) is 11.3 Å². The molecule has 0 fully saturated rings. The number of hydrogen-bond donors (Lipinski definition) is 0. The van der Waals surface area contributed by atoms with E-state index in [0.717, 1.165) is 35.4 Å². The molecular formula is C19H25Cl2N5OS. The summed E-state index contributed by atoms with van der Waals surface area (Å²) in [5.74, 6) is -0.120. The number of thiazole rings is 1. The Balaban J connectivity index is 0.00000280. The minimum absolute atomic E-state index is 0. The predicted octanol–water partition coefficient (Wildman–Crippen LogP) is 4.40. The van der Waals surface area contributed by atoms with Crippen molar-refractivity contribution in [1.29, 1.82) is 0 Å². The lowest BCUT2D eigenvalue weighted by Gasteiger charge is -2.24. The van der Waals surface area contributed by atoms with Crippen molar-refractivity contribution in [3.8, 4) is 0 Å². The molecule has 0 aliphatic carbocycles. The largest absolute Gasteiger partial charge is 0.302 e. The fourth-order valence-corrected chi connectivity index (χ4v) is 4.28. The number of aromatic nitrogens is 3. The van der Waals surface area contributed by atoms with Crippen LogP contribution in [0.3, 0.4) is 0 Å². The summed E-state index contributed by atoms with van der Waals surface area (Å²) in [4.78, 5) is 22.0. The third-order valence-corrected chi connectivity index (χ3v) is 5.84. The molecule has 0 unspecified atom stereocenters. The second-order valence-electron chi connectivity index (χ2n) is 6.43. The lowest BCUT2D eigenvalue weighted by Crippen LogP contribution is -2.39. The first-order chi connectivity index (χ1) is 12.9. The summed E-state index contributed by atoms with van der Waals surface area (Å²) >= 11 is 7.59. The monoisotopic (exact) mass is 441 g/mol. The summed E-state index contributed by atoms with van der Waals surface area (Å²) < 4.78 is 2.64. The number of aryl methyl sites for hydroxylation is 2. The van der Waals surface area contributed by atoms with Gasteiger partial charge < -0.3 is 4.90 Å². The third kappa shape index (κ3) is 4.84. The minimum atomic E-state index is -0.120. The molecule has 0 atom stereocenters. The maximum Gasteiger partial charge on any atom is 0.280 e. The number of anilines is 1. The van der Waals surface area contributed by atoms with Crippen LogP contribution in [0.4, 0.5) is 5.13 Å². The molecule has 0 bridgehead atoms. The maximum absolute atomic E-state index is 13.3. The normalized spacial score (nSPS) is 11.1. The molecule has 0 N–H and O–H groups in total. The Morgan fingerprint density at radius 3 is 2.57 bits per heavy atom. The van der Waals surface area contributed by atoms with Gasteiger partial charge in [0.2, 0.25) is 0 Å². The highest BCUT2D eigenvalue weighted by molar-refractivity contribution is 7.22. The quantitative estimate of drug-likeness (QED) is 0.544. The number of rotatable bonds is 7. The van der Waals surface area contributed by atoms with Gasteiger partial charge in [-0.25, -0.2) is 4.98 Å². The average molecular weight is 442 g/mol. The van der Waals surface area contributed by atoms with E-state index >= 15 is 0 Å². The van der Waals surface area contributed by atoms with Gasteiger partial charge in [-0.05, 0) is 38.2 Å². The number of carbonyl (C=O) groups is 1. The van der Waals surface area contributed by atoms with Gasteiger partial charge >= 0.3 is 0 Å². The molecule has 0 radical (unpaired) electrons. The zero-order valence-electron chi connectivity index (χ0n) is 16.5. The topological polar surface area (TPSA) is 54.3 Å². The number of amides is 1. The first-order valence-corrected chi connectivity index (χ1v) is 10.2. The average Bonchev–Trinajstić information content (AvgIpc) is 3.20. The minimum Gasteiger partial charge on any atom is -0.302 e. The number of hydrogen-bond acceptors (Lipinski definition) is 5. The summed E-state index contributed by atoms with van der Waals surface area (Å²) in [5.41, 5.74) is 2.17. The van der Waals surface area contributed by atoms with Crippen molar-refractivity contribution >= 4 is 56.6 Å². The Morgan fingerprint density at radius 2 is 1.96 bits per heavy atom. The molecule has 152 valence electrons. The van der Waals surface area contributed by atoms with E-state index < -0.39 is 0 Å². The summed E-state index contributed by atoms with van der Waals surface area (Å²) in [6.07, 6.45) is 1.86. The molecule has 3 aromatic rings. The summed E-state index contributed by atoms with van der Waals surface area (Å²) in [7, 11) is 1.82. The first kappa shape index (κ1) is 22.6. The standard InChI is InChI=1S/C19H24ClN5OS.ClH/c1-5-24(6-2)9-10-25(18(26)17-13(3)12-23(4)22-17)19-21-15-8-7-14(20)11-16(15)27-19;/h7-8,11-12H,5-6,9-10H2,1-4H3;1H. The van der Waals surface area contributed by atoms with Crippen molar-refractivity contribution < 1.29 is 4.79 Å². The molecule has 28 heavy (non-hydrogen) atoms. The highest BCUT2D eigenvalue weighted by Gasteiger charge is 2.25. The van der Waals surface area contributed by atoms with E-state index in [2.05, 4.69) is 28.8 Å². The van der Waals surface area contributed by atoms with Crippen LogP contribution in [0.5, 0.6) is 0 Å². The van der Waals surface area contributed by atoms with Crippen molar-refractivity contribution in [2.45, 2.75) is 20.8 Å². The predicted molar refractivity (Wildman–Crippen MR) is 119 cm³/mol. The van der Waals surface area contributed by atoms with Crippen molar-refractivity contribution in [2.24, 2.45) is 7.05 Å². The Labute approximate surface area is 180 Å².